The molecule has 0 radical (unpaired) electrons. The molecule has 126 valence electrons. The van der Waals surface area contributed by atoms with E-state index in [1.807, 2.05) is 36.4 Å². The minimum atomic E-state index is -0.829. The second-order valence-electron chi connectivity index (χ2n) is 5.86. The minimum Gasteiger partial charge on any atom is -0.489 e. The molecule has 1 saturated heterocycles. The zero-order valence-corrected chi connectivity index (χ0v) is 13.4. The summed E-state index contributed by atoms with van der Waals surface area (Å²) in [7, 11) is 0. The molecule has 0 unspecified atom stereocenters. The molecule has 1 aliphatic rings. The fraction of sp³-hybridized carbons (Fsp3) is 0.333. The third kappa shape index (κ3) is 4.38. The van der Waals surface area contributed by atoms with Crippen molar-refractivity contribution in [1.29, 1.82) is 0 Å². The van der Waals surface area contributed by atoms with Crippen LogP contribution in [0.1, 0.15) is 18.4 Å². The number of likely N-dealkylation sites (tertiary alicyclic amines) is 1. The van der Waals surface area contributed by atoms with Crippen LogP contribution in [-0.4, -0.2) is 40.2 Å². The van der Waals surface area contributed by atoms with Gasteiger partial charge in [0.1, 0.15) is 12.4 Å². The molecule has 1 fully saturated rings. The fourth-order valence-corrected chi connectivity index (χ4v) is 2.74. The average Bonchev–Trinajstić information content (AvgIpc) is 2.62. The lowest BCUT2D eigenvalue weighted by atomic mass is 10.1. The van der Waals surface area contributed by atoms with Crippen molar-refractivity contribution in [2.24, 2.45) is 0 Å². The summed E-state index contributed by atoms with van der Waals surface area (Å²) in [4.78, 5) is 16.4. The van der Waals surface area contributed by atoms with Crippen LogP contribution in [0.3, 0.4) is 0 Å². The smallest absolute Gasteiger partial charge is 0.407 e. The Labute approximate surface area is 141 Å². The summed E-state index contributed by atoms with van der Waals surface area (Å²) in [5.41, 5.74) is 2.11. The van der Waals surface area contributed by atoms with Crippen molar-refractivity contribution in [3.8, 4) is 5.75 Å². The first kappa shape index (κ1) is 16.1. The van der Waals surface area contributed by atoms with Gasteiger partial charge < -0.3 is 20.1 Å². The molecule has 1 aliphatic heterocycles. The fourth-order valence-electron chi connectivity index (χ4n) is 2.74. The zero-order valence-electron chi connectivity index (χ0n) is 13.4. The minimum absolute atomic E-state index is 0.309. The van der Waals surface area contributed by atoms with Crippen LogP contribution < -0.4 is 10.1 Å². The molecule has 0 spiro atoms. The highest BCUT2D eigenvalue weighted by molar-refractivity contribution is 5.65. The van der Waals surface area contributed by atoms with Gasteiger partial charge in [-0.25, -0.2) is 4.79 Å². The largest absolute Gasteiger partial charge is 0.489 e. The highest BCUT2D eigenvalue weighted by atomic mass is 16.5. The number of amides is 1. The second-order valence-corrected chi connectivity index (χ2v) is 5.86. The number of nitrogens with zero attached hydrogens (tertiary/aromatic N) is 2. The summed E-state index contributed by atoms with van der Waals surface area (Å²) in [6, 6.07) is 12.0. The molecule has 3 rings (SSSR count). The lowest BCUT2D eigenvalue weighted by Crippen LogP contribution is -2.41. The van der Waals surface area contributed by atoms with Crippen molar-refractivity contribution in [2.75, 3.05) is 18.4 Å². The Morgan fingerprint density at radius 1 is 1.17 bits per heavy atom. The number of piperidine rings is 1. The van der Waals surface area contributed by atoms with Crippen LogP contribution in [0.4, 0.5) is 10.5 Å². The number of rotatable bonds is 5. The Bertz CT molecular complexity index is 653. The van der Waals surface area contributed by atoms with Crippen LogP contribution in [-0.2, 0) is 6.61 Å². The Kier molecular flexibility index (Phi) is 5.15. The molecule has 2 aromatic rings. The predicted molar refractivity (Wildman–Crippen MR) is 91.3 cm³/mol. The van der Waals surface area contributed by atoms with E-state index in [4.69, 9.17) is 9.84 Å². The molecule has 1 amide bonds. The maximum Gasteiger partial charge on any atom is 0.407 e. The monoisotopic (exact) mass is 327 g/mol. The quantitative estimate of drug-likeness (QED) is 0.882. The van der Waals surface area contributed by atoms with E-state index in [2.05, 4.69) is 10.3 Å². The van der Waals surface area contributed by atoms with E-state index in [0.29, 0.717) is 25.7 Å². The lowest BCUT2D eigenvalue weighted by Gasteiger charge is -2.31. The number of carbonyl (C=O) groups is 1. The van der Waals surface area contributed by atoms with E-state index in [0.717, 1.165) is 29.8 Å². The summed E-state index contributed by atoms with van der Waals surface area (Å²) >= 11 is 0. The third-order valence-corrected chi connectivity index (χ3v) is 4.15. The van der Waals surface area contributed by atoms with E-state index < -0.39 is 6.09 Å². The van der Waals surface area contributed by atoms with Crippen LogP contribution >= 0.6 is 0 Å². The van der Waals surface area contributed by atoms with Gasteiger partial charge in [-0.1, -0.05) is 0 Å². The van der Waals surface area contributed by atoms with E-state index in [1.165, 1.54) is 4.90 Å². The molecule has 0 aliphatic carbocycles. The summed E-state index contributed by atoms with van der Waals surface area (Å²) in [6.07, 6.45) is 4.33. The van der Waals surface area contributed by atoms with E-state index in [-0.39, 0.29) is 0 Å². The molecular formula is C18H21N3O3. The number of benzene rings is 1. The van der Waals surface area contributed by atoms with Gasteiger partial charge >= 0.3 is 6.09 Å². The molecule has 2 N–H and O–H groups in total. The van der Waals surface area contributed by atoms with Gasteiger partial charge in [-0.05, 0) is 54.8 Å². The molecular weight excluding hydrogens is 306 g/mol. The predicted octanol–water partition coefficient (Wildman–Crippen LogP) is 3.21. The van der Waals surface area contributed by atoms with Crippen LogP contribution in [0.25, 0.3) is 0 Å². The standard InChI is InChI=1S/C18H21N3O3/c22-18(23)21-11-7-16(8-12-21)20-15-1-3-17(4-2-15)24-13-14-5-9-19-10-6-14/h1-6,9-10,16,20H,7-8,11-13H2,(H,22,23). The summed E-state index contributed by atoms with van der Waals surface area (Å²) in [5.74, 6) is 0.818. The number of ether oxygens (including phenoxy) is 1. The van der Waals surface area contributed by atoms with Crippen LogP contribution in [0.15, 0.2) is 48.8 Å². The third-order valence-electron chi connectivity index (χ3n) is 4.15. The zero-order chi connectivity index (χ0) is 16.8. The first-order valence-electron chi connectivity index (χ1n) is 8.07. The molecule has 6 heteroatoms. The van der Waals surface area contributed by atoms with E-state index >= 15 is 0 Å². The first-order chi connectivity index (χ1) is 11.7. The van der Waals surface area contributed by atoms with Gasteiger partial charge in [-0.2, -0.15) is 0 Å². The van der Waals surface area contributed by atoms with E-state index in [9.17, 15) is 4.79 Å². The van der Waals surface area contributed by atoms with Gasteiger partial charge in [0.2, 0.25) is 0 Å². The Morgan fingerprint density at radius 2 is 1.83 bits per heavy atom. The Hall–Kier alpha value is -2.76. The second kappa shape index (κ2) is 7.68. The van der Waals surface area contributed by atoms with E-state index in [1.54, 1.807) is 12.4 Å². The van der Waals surface area contributed by atoms with Gasteiger partial charge in [0.15, 0.2) is 0 Å². The summed E-state index contributed by atoms with van der Waals surface area (Å²) in [5, 5.41) is 12.4. The number of carboxylic acid groups (broad SMARTS) is 1. The molecule has 0 bridgehead atoms. The number of hydrogen-bond donors (Lipinski definition) is 2. The van der Waals surface area contributed by atoms with Crippen molar-refractivity contribution < 1.29 is 14.6 Å². The van der Waals surface area contributed by atoms with Gasteiger partial charge in [-0.3, -0.25) is 4.98 Å². The topological polar surface area (TPSA) is 74.7 Å². The van der Waals surface area contributed by atoms with Crippen molar-refractivity contribution >= 4 is 11.8 Å². The van der Waals surface area contributed by atoms with Crippen molar-refractivity contribution in [2.45, 2.75) is 25.5 Å². The van der Waals surface area contributed by atoms with Crippen LogP contribution in [0, 0.1) is 0 Å². The highest BCUT2D eigenvalue weighted by Crippen LogP contribution is 2.20. The summed E-state index contributed by atoms with van der Waals surface area (Å²) < 4.78 is 5.75. The molecule has 6 nitrogen and oxygen atoms in total. The highest BCUT2D eigenvalue weighted by Gasteiger charge is 2.21. The number of aromatic nitrogens is 1. The van der Waals surface area contributed by atoms with Gasteiger partial charge in [0, 0.05) is 37.2 Å². The molecule has 1 aromatic heterocycles. The van der Waals surface area contributed by atoms with Crippen LogP contribution in [0.5, 0.6) is 5.75 Å². The van der Waals surface area contributed by atoms with Gasteiger partial charge in [-0.15, -0.1) is 0 Å². The maximum atomic E-state index is 10.9. The van der Waals surface area contributed by atoms with Crippen molar-refractivity contribution in [3.63, 3.8) is 0 Å². The van der Waals surface area contributed by atoms with Crippen molar-refractivity contribution in [1.82, 2.24) is 9.88 Å². The number of hydrogen-bond acceptors (Lipinski definition) is 4. The molecule has 24 heavy (non-hydrogen) atoms. The van der Waals surface area contributed by atoms with Crippen LogP contribution in [0.2, 0.25) is 0 Å². The number of pyridine rings is 1. The summed E-state index contributed by atoms with van der Waals surface area (Å²) in [6.45, 7) is 1.68. The molecule has 0 atom stereocenters. The normalized spacial score (nSPS) is 15.1. The van der Waals surface area contributed by atoms with Gasteiger partial charge in [0.05, 0.1) is 0 Å². The SMILES string of the molecule is O=C(O)N1CCC(Nc2ccc(OCc3ccncc3)cc2)CC1. The lowest BCUT2D eigenvalue weighted by molar-refractivity contribution is 0.134. The number of nitrogens with one attached hydrogen (secondary N) is 1. The maximum absolute atomic E-state index is 10.9. The Morgan fingerprint density at radius 3 is 2.46 bits per heavy atom. The van der Waals surface area contributed by atoms with Gasteiger partial charge in [0.25, 0.3) is 0 Å². The molecule has 2 heterocycles. The first-order valence-corrected chi connectivity index (χ1v) is 8.07. The average molecular weight is 327 g/mol. The molecule has 0 saturated carbocycles. The Balaban J connectivity index is 1.47. The van der Waals surface area contributed by atoms with Crippen molar-refractivity contribution in [3.05, 3.63) is 54.4 Å². The number of anilines is 1. The molecule has 1 aromatic carbocycles.